The number of carbonyl (C=O) groups excluding carboxylic acids is 1. The fourth-order valence-corrected chi connectivity index (χ4v) is 4.31. The van der Waals surface area contributed by atoms with Crippen LogP contribution < -0.4 is 10.2 Å². The van der Waals surface area contributed by atoms with Crippen LogP contribution in [0.4, 0.5) is 11.5 Å². The van der Waals surface area contributed by atoms with E-state index >= 15 is 0 Å². The molecule has 0 spiro atoms. The molecular formula is C21H23N3O3. The number of carboxylic acids is 1. The van der Waals surface area contributed by atoms with E-state index in [-0.39, 0.29) is 29.5 Å². The van der Waals surface area contributed by atoms with E-state index in [1.807, 2.05) is 23.1 Å². The molecule has 1 aromatic carbocycles. The number of fused-ring (bicyclic) bond motifs is 1. The van der Waals surface area contributed by atoms with E-state index in [4.69, 9.17) is 0 Å². The Bertz CT molecular complexity index is 879. The van der Waals surface area contributed by atoms with Gasteiger partial charge in [-0.2, -0.15) is 0 Å². The van der Waals surface area contributed by atoms with Gasteiger partial charge >= 0.3 is 5.97 Å². The van der Waals surface area contributed by atoms with Gasteiger partial charge in [-0.05, 0) is 54.7 Å². The van der Waals surface area contributed by atoms with Crippen molar-refractivity contribution in [2.45, 2.75) is 38.8 Å². The van der Waals surface area contributed by atoms with Gasteiger partial charge in [-0.1, -0.05) is 13.0 Å². The summed E-state index contributed by atoms with van der Waals surface area (Å²) in [5.74, 6) is 0.385. The highest BCUT2D eigenvalue weighted by Gasteiger charge is 2.47. The van der Waals surface area contributed by atoms with Gasteiger partial charge in [0.1, 0.15) is 5.82 Å². The highest BCUT2D eigenvalue weighted by Crippen LogP contribution is 2.50. The molecule has 6 nitrogen and oxygen atoms in total. The molecule has 1 aliphatic carbocycles. The number of amides is 1. The minimum absolute atomic E-state index is 0.000592. The van der Waals surface area contributed by atoms with E-state index in [0.717, 1.165) is 29.9 Å². The number of carbonyl (C=O) groups is 2. The maximum Gasteiger partial charge on any atom is 0.335 e. The molecule has 2 heterocycles. The molecule has 2 aliphatic rings. The van der Waals surface area contributed by atoms with Gasteiger partial charge in [-0.25, -0.2) is 9.78 Å². The Labute approximate surface area is 158 Å². The first-order valence-electron chi connectivity index (χ1n) is 9.32. The Morgan fingerprint density at radius 3 is 2.59 bits per heavy atom. The Hall–Kier alpha value is -2.89. The van der Waals surface area contributed by atoms with E-state index in [0.29, 0.717) is 5.92 Å². The predicted molar refractivity (Wildman–Crippen MR) is 103 cm³/mol. The maximum absolute atomic E-state index is 12.5. The average molecular weight is 365 g/mol. The van der Waals surface area contributed by atoms with Crippen molar-refractivity contribution in [3.05, 3.63) is 53.7 Å². The van der Waals surface area contributed by atoms with Crippen LogP contribution in [-0.4, -0.2) is 28.0 Å². The molecule has 2 aromatic rings. The number of hydrogen-bond acceptors (Lipinski definition) is 4. The van der Waals surface area contributed by atoms with Gasteiger partial charge < -0.3 is 15.3 Å². The number of benzene rings is 1. The van der Waals surface area contributed by atoms with Crippen molar-refractivity contribution in [2.24, 2.45) is 11.8 Å². The van der Waals surface area contributed by atoms with Crippen LogP contribution in [0.25, 0.3) is 0 Å². The normalized spacial score (nSPS) is 24.2. The first-order valence-corrected chi connectivity index (χ1v) is 9.32. The van der Waals surface area contributed by atoms with E-state index in [9.17, 15) is 14.7 Å². The van der Waals surface area contributed by atoms with Gasteiger partial charge in [-0.15, -0.1) is 0 Å². The molecule has 1 aromatic heterocycles. The largest absolute Gasteiger partial charge is 0.478 e. The van der Waals surface area contributed by atoms with Crippen LogP contribution >= 0.6 is 0 Å². The second-order valence-electron chi connectivity index (χ2n) is 7.49. The van der Waals surface area contributed by atoms with E-state index in [1.165, 1.54) is 0 Å². The zero-order chi connectivity index (χ0) is 19.1. The van der Waals surface area contributed by atoms with Crippen molar-refractivity contribution in [3.63, 3.8) is 0 Å². The van der Waals surface area contributed by atoms with Crippen molar-refractivity contribution in [1.82, 2.24) is 4.98 Å². The summed E-state index contributed by atoms with van der Waals surface area (Å²) in [5, 5.41) is 12.9. The third-order valence-corrected chi connectivity index (χ3v) is 5.64. The number of nitrogens with one attached hydrogen (secondary N) is 1. The van der Waals surface area contributed by atoms with Crippen molar-refractivity contribution < 1.29 is 14.7 Å². The highest BCUT2D eigenvalue weighted by atomic mass is 16.4. The molecule has 3 unspecified atom stereocenters. The molecule has 0 saturated heterocycles. The second-order valence-corrected chi connectivity index (χ2v) is 7.49. The Morgan fingerprint density at radius 1 is 1.22 bits per heavy atom. The Morgan fingerprint density at radius 2 is 2.00 bits per heavy atom. The molecule has 4 rings (SSSR count). The van der Waals surface area contributed by atoms with Crippen LogP contribution in [0.5, 0.6) is 0 Å². The molecule has 3 atom stereocenters. The molecule has 1 fully saturated rings. The zero-order valence-corrected chi connectivity index (χ0v) is 15.4. The third kappa shape index (κ3) is 3.16. The second kappa shape index (κ2) is 6.68. The number of aromatic carboxylic acids is 1. The predicted octanol–water partition coefficient (Wildman–Crippen LogP) is 3.71. The van der Waals surface area contributed by atoms with Crippen LogP contribution in [0.3, 0.4) is 0 Å². The molecule has 0 radical (unpaired) electrons. The van der Waals surface area contributed by atoms with E-state index in [2.05, 4.69) is 17.2 Å². The number of nitrogens with zero attached hydrogens (tertiary/aromatic N) is 2. The highest BCUT2D eigenvalue weighted by molar-refractivity contribution is 5.96. The van der Waals surface area contributed by atoms with Crippen LogP contribution in [-0.2, 0) is 4.79 Å². The number of hydrogen-bond donors (Lipinski definition) is 2. The standard InChI is InChI=1S/C21H23N3O3/c1-12-19(23-18-5-3-4-10-22-18)16-11-15(21(26)27)8-9-17(16)24(13(2)25)20(12)14-6-7-14/h3-5,8-12,14,19-20H,6-7H2,1-2H3,(H,22,23)(H,26,27). The summed E-state index contributed by atoms with van der Waals surface area (Å²) in [4.78, 5) is 30.3. The molecule has 1 amide bonds. The van der Waals surface area contributed by atoms with Crippen LogP contribution in [0, 0.1) is 11.8 Å². The van der Waals surface area contributed by atoms with Crippen LogP contribution in [0.1, 0.15) is 48.7 Å². The van der Waals surface area contributed by atoms with Gasteiger partial charge in [0, 0.05) is 30.8 Å². The van der Waals surface area contributed by atoms with Gasteiger partial charge in [-0.3, -0.25) is 4.79 Å². The fourth-order valence-electron chi connectivity index (χ4n) is 4.31. The smallest absolute Gasteiger partial charge is 0.335 e. The van der Waals surface area contributed by atoms with Crippen molar-refractivity contribution in [2.75, 3.05) is 10.2 Å². The van der Waals surface area contributed by atoms with Crippen LogP contribution in [0.15, 0.2) is 42.6 Å². The molecule has 1 aliphatic heterocycles. The zero-order valence-electron chi connectivity index (χ0n) is 15.4. The lowest BCUT2D eigenvalue weighted by atomic mass is 9.79. The summed E-state index contributed by atoms with van der Waals surface area (Å²) < 4.78 is 0. The van der Waals surface area contributed by atoms with Crippen LogP contribution in [0.2, 0.25) is 0 Å². The number of pyridine rings is 1. The summed E-state index contributed by atoms with van der Waals surface area (Å²) in [6, 6.07) is 10.7. The molecular weight excluding hydrogens is 342 g/mol. The molecule has 1 saturated carbocycles. The summed E-state index contributed by atoms with van der Waals surface area (Å²) in [7, 11) is 0. The SMILES string of the molecule is CC(=O)N1c2ccc(C(=O)O)cc2C(Nc2ccccn2)C(C)C1C1CC1. The molecule has 140 valence electrons. The van der Waals surface area contributed by atoms with E-state index < -0.39 is 5.97 Å². The van der Waals surface area contributed by atoms with Gasteiger partial charge in [0.05, 0.1) is 11.6 Å². The number of rotatable bonds is 4. The lowest BCUT2D eigenvalue weighted by Gasteiger charge is -2.46. The van der Waals surface area contributed by atoms with Gasteiger partial charge in [0.25, 0.3) is 0 Å². The maximum atomic E-state index is 12.5. The molecule has 0 bridgehead atoms. The van der Waals surface area contributed by atoms with Crippen molar-refractivity contribution in [1.29, 1.82) is 0 Å². The molecule has 6 heteroatoms. The summed E-state index contributed by atoms with van der Waals surface area (Å²) in [6.45, 7) is 3.72. The summed E-state index contributed by atoms with van der Waals surface area (Å²) >= 11 is 0. The fraction of sp³-hybridized carbons (Fsp3) is 0.381. The van der Waals surface area contributed by atoms with E-state index in [1.54, 1.807) is 31.3 Å². The monoisotopic (exact) mass is 365 g/mol. The lowest BCUT2D eigenvalue weighted by molar-refractivity contribution is -0.117. The first kappa shape index (κ1) is 17.5. The summed E-state index contributed by atoms with van der Waals surface area (Å²) in [5.41, 5.74) is 1.86. The summed E-state index contributed by atoms with van der Waals surface area (Å²) in [6.07, 6.45) is 3.97. The minimum atomic E-state index is -0.972. The van der Waals surface area contributed by atoms with Crippen molar-refractivity contribution >= 4 is 23.4 Å². The minimum Gasteiger partial charge on any atom is -0.478 e. The molecule has 27 heavy (non-hydrogen) atoms. The van der Waals surface area contributed by atoms with Gasteiger partial charge in [0.2, 0.25) is 5.91 Å². The van der Waals surface area contributed by atoms with Gasteiger partial charge in [0.15, 0.2) is 0 Å². The topological polar surface area (TPSA) is 82.5 Å². The Balaban J connectivity index is 1.84. The lowest BCUT2D eigenvalue weighted by Crippen LogP contribution is -2.51. The number of anilines is 2. The number of aromatic nitrogens is 1. The first-order chi connectivity index (χ1) is 13.0. The quantitative estimate of drug-likeness (QED) is 0.863. The number of carboxylic acid groups (broad SMARTS) is 1. The third-order valence-electron chi connectivity index (χ3n) is 5.64. The van der Waals surface area contributed by atoms with Crippen molar-refractivity contribution in [3.8, 4) is 0 Å². The Kier molecular flexibility index (Phi) is 4.34. The molecule has 2 N–H and O–H groups in total. The average Bonchev–Trinajstić information content (AvgIpc) is 3.48.